The van der Waals surface area contributed by atoms with Gasteiger partial charge in [-0.15, -0.1) is 0 Å². The van der Waals surface area contributed by atoms with E-state index in [1.54, 1.807) is 0 Å². The highest BCUT2D eigenvalue weighted by Crippen LogP contribution is 2.35. The molecule has 3 heteroatoms. The zero-order chi connectivity index (χ0) is 18.0. The van der Waals surface area contributed by atoms with Crippen LogP contribution in [-0.4, -0.2) is 14.4 Å². The van der Waals surface area contributed by atoms with Gasteiger partial charge in [-0.25, -0.2) is 9.97 Å². The van der Waals surface area contributed by atoms with Crippen molar-refractivity contribution < 1.29 is 0 Å². The van der Waals surface area contributed by atoms with Crippen LogP contribution in [0.4, 0.5) is 0 Å². The van der Waals surface area contributed by atoms with Gasteiger partial charge in [0.2, 0.25) is 0 Å². The van der Waals surface area contributed by atoms with Crippen LogP contribution in [0, 0.1) is 13.8 Å². The number of nitrogens with zero attached hydrogens (tertiary/aromatic N) is 3. The molecule has 5 aromatic rings. The van der Waals surface area contributed by atoms with Crippen molar-refractivity contribution in [3.8, 4) is 0 Å². The van der Waals surface area contributed by atoms with Gasteiger partial charge in [0.1, 0.15) is 11.5 Å². The molecular formula is C23H21N3. The van der Waals surface area contributed by atoms with Gasteiger partial charge in [0.25, 0.3) is 0 Å². The molecule has 0 radical (unpaired) electrons. The van der Waals surface area contributed by atoms with Crippen molar-refractivity contribution in [2.45, 2.75) is 33.6 Å². The number of rotatable bonds is 1. The van der Waals surface area contributed by atoms with Crippen molar-refractivity contribution in [1.82, 2.24) is 14.4 Å². The average Bonchev–Trinajstić information content (AvgIpc) is 3.01. The van der Waals surface area contributed by atoms with E-state index in [-0.39, 0.29) is 0 Å². The van der Waals surface area contributed by atoms with E-state index in [2.05, 4.69) is 78.7 Å². The van der Waals surface area contributed by atoms with Crippen molar-refractivity contribution >= 4 is 38.2 Å². The summed E-state index contributed by atoms with van der Waals surface area (Å²) >= 11 is 0. The third-order valence-corrected chi connectivity index (χ3v) is 5.38. The van der Waals surface area contributed by atoms with Crippen molar-refractivity contribution in [1.29, 1.82) is 0 Å². The molecule has 0 spiro atoms. The maximum atomic E-state index is 4.79. The zero-order valence-electron chi connectivity index (χ0n) is 15.5. The SMILES string of the molecule is Cc1nc(C)c2cc3c4ccccc4c4cc(C(C)C)ccc4n3c2n1. The molecule has 3 heterocycles. The van der Waals surface area contributed by atoms with Crippen LogP contribution in [0.1, 0.15) is 36.8 Å². The van der Waals surface area contributed by atoms with Crippen LogP contribution in [0.5, 0.6) is 0 Å². The third-order valence-electron chi connectivity index (χ3n) is 5.38. The molecule has 0 atom stereocenters. The van der Waals surface area contributed by atoms with Gasteiger partial charge >= 0.3 is 0 Å². The van der Waals surface area contributed by atoms with E-state index >= 15 is 0 Å². The van der Waals surface area contributed by atoms with Gasteiger partial charge in [-0.05, 0) is 48.9 Å². The number of hydrogen-bond donors (Lipinski definition) is 0. The van der Waals surface area contributed by atoms with Gasteiger partial charge in [-0.3, -0.25) is 4.40 Å². The van der Waals surface area contributed by atoms with E-state index in [9.17, 15) is 0 Å². The van der Waals surface area contributed by atoms with Gasteiger partial charge in [-0.1, -0.05) is 44.2 Å². The van der Waals surface area contributed by atoms with E-state index in [0.717, 1.165) is 22.6 Å². The fraction of sp³-hybridized carbons (Fsp3) is 0.217. The molecule has 0 bridgehead atoms. The topological polar surface area (TPSA) is 30.2 Å². The monoisotopic (exact) mass is 339 g/mol. The number of fused-ring (bicyclic) bond motifs is 8. The molecule has 128 valence electrons. The minimum atomic E-state index is 0.502. The van der Waals surface area contributed by atoms with Crippen LogP contribution < -0.4 is 0 Å². The molecule has 26 heavy (non-hydrogen) atoms. The van der Waals surface area contributed by atoms with Crippen LogP contribution in [0.2, 0.25) is 0 Å². The summed E-state index contributed by atoms with van der Waals surface area (Å²) in [6.07, 6.45) is 0. The van der Waals surface area contributed by atoms with Crippen LogP contribution in [0.15, 0.2) is 48.5 Å². The maximum Gasteiger partial charge on any atom is 0.148 e. The Labute approximate surface area is 152 Å². The third kappa shape index (κ3) is 2.00. The highest BCUT2D eigenvalue weighted by atomic mass is 15.0. The minimum absolute atomic E-state index is 0.502. The summed E-state index contributed by atoms with van der Waals surface area (Å²) < 4.78 is 2.30. The Balaban J connectivity index is 2.12. The standard InChI is InChI=1S/C23H21N3/c1-13(2)16-9-10-21-20(11-16)17-7-5-6-8-18(17)22-12-19-14(3)24-15(4)25-23(19)26(21)22/h5-13H,1-4H3. The van der Waals surface area contributed by atoms with Crippen LogP contribution in [-0.2, 0) is 0 Å². The lowest BCUT2D eigenvalue weighted by Gasteiger charge is -2.13. The van der Waals surface area contributed by atoms with E-state index in [0.29, 0.717) is 5.92 Å². The number of hydrogen-bond acceptors (Lipinski definition) is 2. The Morgan fingerprint density at radius 2 is 1.54 bits per heavy atom. The largest absolute Gasteiger partial charge is 0.293 e. The molecule has 3 nitrogen and oxygen atoms in total. The lowest BCUT2D eigenvalue weighted by Crippen LogP contribution is -1.97. The second-order valence-electron chi connectivity index (χ2n) is 7.44. The molecule has 0 unspecified atom stereocenters. The van der Waals surface area contributed by atoms with Crippen LogP contribution >= 0.6 is 0 Å². The highest BCUT2D eigenvalue weighted by molar-refractivity contribution is 6.15. The second kappa shape index (κ2) is 5.28. The predicted octanol–water partition coefficient (Wildman–Crippen LogP) is 5.93. The number of aromatic nitrogens is 3. The number of aryl methyl sites for hydroxylation is 2. The van der Waals surface area contributed by atoms with Crippen LogP contribution in [0.3, 0.4) is 0 Å². The number of pyridine rings is 1. The Morgan fingerprint density at radius 1 is 0.769 bits per heavy atom. The van der Waals surface area contributed by atoms with E-state index in [1.165, 1.54) is 32.8 Å². The van der Waals surface area contributed by atoms with Gasteiger partial charge in [0, 0.05) is 16.2 Å². The Morgan fingerprint density at radius 3 is 2.31 bits per heavy atom. The lowest BCUT2D eigenvalue weighted by atomic mass is 9.98. The van der Waals surface area contributed by atoms with Crippen molar-refractivity contribution in [2.75, 3.05) is 0 Å². The molecule has 0 aliphatic rings. The number of benzene rings is 2. The van der Waals surface area contributed by atoms with Crippen molar-refractivity contribution in [3.05, 3.63) is 65.6 Å². The molecule has 5 rings (SSSR count). The molecular weight excluding hydrogens is 318 g/mol. The Kier molecular flexibility index (Phi) is 3.11. The summed E-state index contributed by atoms with van der Waals surface area (Å²) in [6.45, 7) is 8.52. The first kappa shape index (κ1) is 15.3. The molecule has 3 aromatic heterocycles. The average molecular weight is 339 g/mol. The minimum Gasteiger partial charge on any atom is -0.293 e. The lowest BCUT2D eigenvalue weighted by molar-refractivity contribution is 0.868. The summed E-state index contributed by atoms with van der Waals surface area (Å²) in [5.74, 6) is 1.32. The zero-order valence-corrected chi connectivity index (χ0v) is 15.5. The summed E-state index contributed by atoms with van der Waals surface area (Å²) in [7, 11) is 0. The summed E-state index contributed by atoms with van der Waals surface area (Å²) in [5, 5.41) is 4.96. The molecule has 0 saturated heterocycles. The Hall–Kier alpha value is -2.94. The summed E-state index contributed by atoms with van der Waals surface area (Å²) in [4.78, 5) is 9.36. The Bertz CT molecular complexity index is 1330. The summed E-state index contributed by atoms with van der Waals surface area (Å²) in [6, 6.07) is 17.7. The van der Waals surface area contributed by atoms with Gasteiger partial charge in [0.15, 0.2) is 0 Å². The molecule has 0 N–H and O–H groups in total. The van der Waals surface area contributed by atoms with E-state index in [4.69, 9.17) is 4.98 Å². The predicted molar refractivity (Wildman–Crippen MR) is 109 cm³/mol. The summed E-state index contributed by atoms with van der Waals surface area (Å²) in [5.41, 5.74) is 5.80. The fourth-order valence-electron chi connectivity index (χ4n) is 4.06. The quantitative estimate of drug-likeness (QED) is 0.354. The molecule has 0 aliphatic heterocycles. The van der Waals surface area contributed by atoms with Crippen LogP contribution in [0.25, 0.3) is 38.2 Å². The first-order valence-corrected chi connectivity index (χ1v) is 9.15. The van der Waals surface area contributed by atoms with Gasteiger partial charge in [-0.2, -0.15) is 0 Å². The highest BCUT2D eigenvalue weighted by Gasteiger charge is 2.15. The smallest absolute Gasteiger partial charge is 0.148 e. The van der Waals surface area contributed by atoms with Crippen molar-refractivity contribution in [3.63, 3.8) is 0 Å². The van der Waals surface area contributed by atoms with Crippen molar-refractivity contribution in [2.24, 2.45) is 0 Å². The normalized spacial score (nSPS) is 12.2. The first-order valence-electron chi connectivity index (χ1n) is 9.15. The molecule has 0 saturated carbocycles. The molecule has 0 aliphatic carbocycles. The van der Waals surface area contributed by atoms with E-state index in [1.807, 2.05) is 6.92 Å². The van der Waals surface area contributed by atoms with Gasteiger partial charge < -0.3 is 0 Å². The molecule has 0 amide bonds. The van der Waals surface area contributed by atoms with Gasteiger partial charge in [0.05, 0.1) is 16.7 Å². The maximum absolute atomic E-state index is 4.79. The van der Waals surface area contributed by atoms with E-state index < -0.39 is 0 Å². The first-order chi connectivity index (χ1) is 12.5. The second-order valence-corrected chi connectivity index (χ2v) is 7.44. The molecule has 0 fully saturated rings. The fourth-order valence-corrected chi connectivity index (χ4v) is 4.06. The molecule has 2 aromatic carbocycles.